The minimum Gasteiger partial charge on any atom is -0.379 e. The van der Waals surface area contributed by atoms with Crippen LogP contribution in [0.4, 0.5) is 0 Å². The molecule has 2 aromatic rings. The van der Waals surface area contributed by atoms with Gasteiger partial charge < -0.3 is 15.0 Å². The van der Waals surface area contributed by atoms with E-state index in [4.69, 9.17) is 4.74 Å². The van der Waals surface area contributed by atoms with Crippen LogP contribution in [-0.2, 0) is 16.1 Å². The van der Waals surface area contributed by atoms with Crippen LogP contribution in [0, 0.1) is 6.92 Å². The van der Waals surface area contributed by atoms with E-state index in [-0.39, 0.29) is 23.9 Å². The third-order valence-electron chi connectivity index (χ3n) is 5.36. The van der Waals surface area contributed by atoms with Gasteiger partial charge >= 0.3 is 0 Å². The van der Waals surface area contributed by atoms with E-state index in [0.717, 1.165) is 32.8 Å². The number of hydrogen-bond acceptors (Lipinski definition) is 7. The van der Waals surface area contributed by atoms with Crippen molar-refractivity contribution in [1.29, 1.82) is 0 Å². The number of aromatic nitrogens is 2. The molecule has 1 aliphatic heterocycles. The Morgan fingerprint density at radius 3 is 2.63 bits per heavy atom. The lowest BCUT2D eigenvalue weighted by Gasteiger charge is -2.26. The largest absolute Gasteiger partial charge is 0.379 e. The number of rotatable bonds is 8. The number of morpholine rings is 1. The maximum absolute atomic E-state index is 12.9. The van der Waals surface area contributed by atoms with Gasteiger partial charge in [-0.05, 0) is 26.3 Å². The fourth-order valence-electron chi connectivity index (χ4n) is 3.54. The highest BCUT2D eigenvalue weighted by molar-refractivity contribution is 7.20. The molecule has 9 nitrogen and oxygen atoms in total. The van der Waals surface area contributed by atoms with Crippen molar-refractivity contribution in [1.82, 2.24) is 24.7 Å². The van der Waals surface area contributed by atoms with Crippen molar-refractivity contribution in [3.05, 3.63) is 27.1 Å². The van der Waals surface area contributed by atoms with Crippen LogP contribution in [-0.4, -0.2) is 83.6 Å². The van der Waals surface area contributed by atoms with E-state index < -0.39 is 0 Å². The smallest absolute Gasteiger partial charge is 0.262 e. The summed E-state index contributed by atoms with van der Waals surface area (Å²) in [5.41, 5.74) is 0.322. The molecule has 30 heavy (non-hydrogen) atoms. The Kier molecular flexibility index (Phi) is 7.57. The molecule has 1 aliphatic rings. The van der Waals surface area contributed by atoms with Crippen molar-refractivity contribution >= 4 is 33.4 Å². The highest BCUT2D eigenvalue weighted by Gasteiger charge is 2.21. The number of ether oxygens (including phenoxy) is 1. The highest BCUT2D eigenvalue weighted by atomic mass is 32.1. The highest BCUT2D eigenvalue weighted by Crippen LogP contribution is 2.26. The maximum atomic E-state index is 12.9. The molecule has 0 aromatic carbocycles. The number of hydrogen-bond donors (Lipinski definition) is 1. The van der Waals surface area contributed by atoms with Crippen molar-refractivity contribution in [2.45, 2.75) is 27.3 Å². The lowest BCUT2D eigenvalue weighted by molar-refractivity contribution is -0.131. The molecule has 3 rings (SSSR count). The first-order valence-electron chi connectivity index (χ1n) is 10.3. The Hall–Kier alpha value is -2.30. The van der Waals surface area contributed by atoms with E-state index in [9.17, 15) is 14.4 Å². The van der Waals surface area contributed by atoms with E-state index >= 15 is 0 Å². The molecule has 1 fully saturated rings. The predicted molar refractivity (Wildman–Crippen MR) is 116 cm³/mol. The normalized spacial score (nSPS) is 14.8. The number of carbonyl (C=O) groups is 2. The first-order valence-corrected chi connectivity index (χ1v) is 11.1. The third-order valence-corrected chi connectivity index (χ3v) is 6.56. The molecular formula is C20H29N5O4S. The molecule has 0 spiro atoms. The molecule has 0 aliphatic carbocycles. The summed E-state index contributed by atoms with van der Waals surface area (Å²) < 4.78 is 6.65. The van der Waals surface area contributed by atoms with Crippen molar-refractivity contribution in [3.63, 3.8) is 0 Å². The summed E-state index contributed by atoms with van der Waals surface area (Å²) in [6, 6.07) is 0. The summed E-state index contributed by atoms with van der Waals surface area (Å²) in [7, 11) is 0. The zero-order valence-electron chi connectivity index (χ0n) is 17.8. The van der Waals surface area contributed by atoms with Gasteiger partial charge in [0, 0.05) is 39.3 Å². The van der Waals surface area contributed by atoms with Gasteiger partial charge in [-0.2, -0.15) is 0 Å². The van der Waals surface area contributed by atoms with Crippen molar-refractivity contribution in [2.75, 3.05) is 52.5 Å². The van der Waals surface area contributed by atoms with Crippen LogP contribution in [0.1, 0.15) is 29.1 Å². The van der Waals surface area contributed by atoms with Crippen LogP contribution in [0.25, 0.3) is 10.2 Å². The number of aryl methyl sites for hydroxylation is 1. The summed E-state index contributed by atoms with van der Waals surface area (Å²) in [6.07, 6.45) is 1.39. The molecule has 3 heterocycles. The second kappa shape index (κ2) is 10.1. The van der Waals surface area contributed by atoms with E-state index in [2.05, 4.69) is 15.2 Å². The van der Waals surface area contributed by atoms with Gasteiger partial charge in [0.1, 0.15) is 11.4 Å². The molecule has 1 saturated heterocycles. The lowest BCUT2D eigenvalue weighted by atomic mass is 10.2. The van der Waals surface area contributed by atoms with Gasteiger partial charge in [0.15, 0.2) is 0 Å². The molecule has 0 saturated carbocycles. The molecular weight excluding hydrogens is 406 g/mol. The van der Waals surface area contributed by atoms with Gasteiger partial charge in [0.05, 0.1) is 29.8 Å². The Morgan fingerprint density at radius 1 is 1.27 bits per heavy atom. The van der Waals surface area contributed by atoms with Gasteiger partial charge in [-0.1, -0.05) is 0 Å². The van der Waals surface area contributed by atoms with E-state index in [1.54, 1.807) is 11.8 Å². The van der Waals surface area contributed by atoms with E-state index in [0.29, 0.717) is 40.3 Å². The number of amides is 2. The first-order chi connectivity index (χ1) is 14.5. The number of carbonyl (C=O) groups excluding carboxylic acids is 2. The molecule has 10 heteroatoms. The number of fused-ring (bicyclic) bond motifs is 1. The molecule has 164 valence electrons. The second-order valence-electron chi connectivity index (χ2n) is 7.19. The first kappa shape index (κ1) is 22.4. The summed E-state index contributed by atoms with van der Waals surface area (Å²) in [5.74, 6) is -0.328. The average Bonchev–Trinajstić information content (AvgIpc) is 3.09. The molecule has 0 radical (unpaired) electrons. The van der Waals surface area contributed by atoms with Crippen LogP contribution in [0.2, 0.25) is 0 Å². The second-order valence-corrected chi connectivity index (χ2v) is 8.19. The van der Waals surface area contributed by atoms with Crippen LogP contribution in [0.15, 0.2) is 11.1 Å². The Bertz CT molecular complexity index is 960. The number of nitrogens with one attached hydrogen (secondary N) is 1. The van der Waals surface area contributed by atoms with Gasteiger partial charge in [0.25, 0.3) is 11.5 Å². The number of thiophene rings is 1. The van der Waals surface area contributed by atoms with Gasteiger partial charge in [0.2, 0.25) is 5.91 Å². The van der Waals surface area contributed by atoms with Crippen LogP contribution < -0.4 is 10.9 Å². The Balaban J connectivity index is 1.73. The predicted octanol–water partition coefficient (Wildman–Crippen LogP) is 0.697. The topological polar surface area (TPSA) is 96.8 Å². The molecule has 2 aromatic heterocycles. The van der Waals surface area contributed by atoms with Crippen LogP contribution in [0.3, 0.4) is 0 Å². The Morgan fingerprint density at radius 2 is 1.97 bits per heavy atom. The number of nitrogens with zero attached hydrogens (tertiary/aromatic N) is 4. The van der Waals surface area contributed by atoms with E-state index in [1.165, 1.54) is 22.2 Å². The minimum atomic E-state index is -0.290. The monoisotopic (exact) mass is 435 g/mol. The third kappa shape index (κ3) is 4.88. The standard InChI is InChI=1S/C20H29N5O4S/c1-4-24(5-2)15(26)12-25-13-22-19-16(20(25)28)14(3)17(30-19)18(27)21-6-7-23-8-10-29-11-9-23/h13H,4-12H2,1-3H3,(H,21,27). The van der Waals surface area contributed by atoms with Crippen molar-refractivity contribution < 1.29 is 14.3 Å². The lowest BCUT2D eigenvalue weighted by Crippen LogP contribution is -2.41. The Labute approximate surface area is 179 Å². The van der Waals surface area contributed by atoms with Gasteiger partial charge in [-0.25, -0.2) is 4.98 Å². The summed E-state index contributed by atoms with van der Waals surface area (Å²) in [5, 5.41) is 3.35. The summed E-state index contributed by atoms with van der Waals surface area (Å²) in [4.78, 5) is 47.3. The van der Waals surface area contributed by atoms with Crippen molar-refractivity contribution in [3.8, 4) is 0 Å². The van der Waals surface area contributed by atoms with Crippen LogP contribution in [0.5, 0.6) is 0 Å². The zero-order chi connectivity index (χ0) is 21.7. The maximum Gasteiger partial charge on any atom is 0.262 e. The quantitative estimate of drug-likeness (QED) is 0.656. The fraction of sp³-hybridized carbons (Fsp3) is 0.600. The van der Waals surface area contributed by atoms with Gasteiger partial charge in [-0.15, -0.1) is 11.3 Å². The van der Waals surface area contributed by atoms with Gasteiger partial charge in [-0.3, -0.25) is 23.9 Å². The minimum absolute atomic E-state index is 0.0557. The fourth-order valence-corrected chi connectivity index (χ4v) is 4.60. The average molecular weight is 436 g/mol. The SMILES string of the molecule is CCN(CC)C(=O)Cn1cnc2sc(C(=O)NCCN3CCOCC3)c(C)c2c1=O. The molecule has 1 N–H and O–H groups in total. The summed E-state index contributed by atoms with van der Waals surface area (Å²) in [6.45, 7) is 11.2. The molecule has 2 amide bonds. The number of likely N-dealkylation sites (N-methyl/N-ethyl adjacent to an activating group) is 1. The molecule has 0 bridgehead atoms. The molecule has 0 atom stereocenters. The van der Waals surface area contributed by atoms with E-state index in [1.807, 2.05) is 13.8 Å². The van der Waals surface area contributed by atoms with Crippen molar-refractivity contribution in [2.24, 2.45) is 0 Å². The van der Waals surface area contributed by atoms with Crippen LogP contribution >= 0.6 is 11.3 Å². The zero-order valence-corrected chi connectivity index (χ0v) is 18.6. The summed E-state index contributed by atoms with van der Waals surface area (Å²) >= 11 is 1.21. The molecule has 0 unspecified atom stereocenters.